The number of amides is 2. The molecular weight excluding hydrogens is 496 g/mol. The van der Waals surface area contributed by atoms with Gasteiger partial charge in [-0.25, -0.2) is 0 Å². The first-order valence-corrected chi connectivity index (χ1v) is 14.5. The lowest BCUT2D eigenvalue weighted by atomic mass is 9.87. The predicted octanol–water partition coefficient (Wildman–Crippen LogP) is 2.95. The first kappa shape index (κ1) is 33.0. The Labute approximate surface area is 235 Å². The van der Waals surface area contributed by atoms with E-state index in [-0.39, 0.29) is 30.2 Å². The number of benzene rings is 1. The smallest absolute Gasteiger partial charge is 0.255 e. The largest absolute Gasteiger partial charge is 0.493 e. The van der Waals surface area contributed by atoms with Gasteiger partial charge in [-0.2, -0.15) is 0 Å². The van der Waals surface area contributed by atoms with E-state index in [1.807, 2.05) is 26.0 Å². The molecule has 1 aromatic rings. The molecule has 0 unspecified atom stereocenters. The molecule has 1 aromatic carbocycles. The summed E-state index contributed by atoms with van der Waals surface area (Å²) in [5, 5.41) is 16.7. The maximum Gasteiger partial charge on any atom is 0.255 e. The highest BCUT2D eigenvalue weighted by Crippen LogP contribution is 2.22. The van der Waals surface area contributed by atoms with E-state index < -0.39 is 17.7 Å². The highest BCUT2D eigenvalue weighted by Gasteiger charge is 2.35. The topological polar surface area (TPSA) is 126 Å². The van der Waals surface area contributed by atoms with Gasteiger partial charge in [0.1, 0.15) is 5.75 Å². The molecule has 0 saturated carbocycles. The molecule has 0 aromatic heterocycles. The molecule has 1 aliphatic heterocycles. The van der Waals surface area contributed by atoms with Gasteiger partial charge in [-0.05, 0) is 83.0 Å². The number of hydrogen-bond acceptors (Lipinski definition) is 7. The van der Waals surface area contributed by atoms with Gasteiger partial charge < -0.3 is 30.9 Å². The zero-order chi connectivity index (χ0) is 28.8. The van der Waals surface area contributed by atoms with Crippen molar-refractivity contribution in [3.63, 3.8) is 0 Å². The van der Waals surface area contributed by atoms with E-state index in [1.54, 1.807) is 19.2 Å². The van der Waals surface area contributed by atoms with Crippen molar-refractivity contribution < 1.29 is 24.2 Å². The van der Waals surface area contributed by atoms with Gasteiger partial charge in [0.2, 0.25) is 5.91 Å². The molecule has 5 N–H and O–H groups in total. The quantitative estimate of drug-likeness (QED) is 0.221. The number of para-hydroxylation sites is 1. The number of piperidine rings is 1. The third-order valence-corrected chi connectivity index (χ3v) is 7.84. The molecule has 0 bridgehead atoms. The number of methoxy groups -OCH3 is 1. The standard InChI is InChI=1S/C30H52N4O5/c1-22(2)23(20-32-28(36)24-13-7-8-14-27(24)39-18-12-11-17-38-5)19-25(31)26(35)21-33-29(37)30(3,4)34-15-9-6-10-16-34/h7-8,13-14,22-23,25-26,35H,6,9-12,15-21,31H2,1-5H3,(H,32,36)(H,33,37)/t23-,25+,26+/m1/s1. The number of aliphatic hydroxyl groups excluding tert-OH is 1. The second-order valence-corrected chi connectivity index (χ2v) is 11.5. The molecule has 0 aliphatic carbocycles. The van der Waals surface area contributed by atoms with Crippen LogP contribution in [0.4, 0.5) is 0 Å². The van der Waals surface area contributed by atoms with Crippen molar-refractivity contribution in [2.75, 3.05) is 46.5 Å². The molecular formula is C30H52N4O5. The van der Waals surface area contributed by atoms with Gasteiger partial charge in [-0.3, -0.25) is 14.5 Å². The molecule has 39 heavy (non-hydrogen) atoms. The maximum absolute atomic E-state index is 13.0. The van der Waals surface area contributed by atoms with Gasteiger partial charge in [-0.15, -0.1) is 0 Å². The average Bonchev–Trinajstić information content (AvgIpc) is 2.93. The summed E-state index contributed by atoms with van der Waals surface area (Å²) in [5.41, 5.74) is 6.24. The van der Waals surface area contributed by atoms with Crippen LogP contribution in [-0.2, 0) is 9.53 Å². The van der Waals surface area contributed by atoms with E-state index in [4.69, 9.17) is 15.2 Å². The molecule has 1 saturated heterocycles. The molecule has 2 rings (SSSR count). The minimum absolute atomic E-state index is 0.0567. The highest BCUT2D eigenvalue weighted by molar-refractivity contribution is 5.96. The average molecular weight is 549 g/mol. The normalized spacial score (nSPS) is 16.9. The number of aliphatic hydroxyl groups is 1. The van der Waals surface area contributed by atoms with Crippen LogP contribution in [0.3, 0.4) is 0 Å². The summed E-state index contributed by atoms with van der Waals surface area (Å²) < 4.78 is 10.9. The van der Waals surface area contributed by atoms with Crippen molar-refractivity contribution in [2.45, 2.75) is 83.9 Å². The third-order valence-electron chi connectivity index (χ3n) is 7.84. The number of rotatable bonds is 17. The molecule has 1 fully saturated rings. The van der Waals surface area contributed by atoms with Crippen molar-refractivity contribution in [3.8, 4) is 5.75 Å². The number of carbonyl (C=O) groups excluding carboxylic acids is 2. The Kier molecular flexibility index (Phi) is 14.2. The zero-order valence-corrected chi connectivity index (χ0v) is 24.7. The van der Waals surface area contributed by atoms with Crippen LogP contribution in [-0.4, -0.2) is 86.0 Å². The lowest BCUT2D eigenvalue weighted by Crippen LogP contribution is -2.58. The maximum atomic E-state index is 13.0. The summed E-state index contributed by atoms with van der Waals surface area (Å²) >= 11 is 0. The molecule has 0 spiro atoms. The van der Waals surface area contributed by atoms with E-state index in [0.29, 0.717) is 37.5 Å². The molecule has 9 nitrogen and oxygen atoms in total. The van der Waals surface area contributed by atoms with Crippen LogP contribution in [0, 0.1) is 11.8 Å². The number of nitrogens with zero attached hydrogens (tertiary/aromatic N) is 1. The number of nitrogens with two attached hydrogens (primary N) is 1. The van der Waals surface area contributed by atoms with Crippen LogP contribution in [0.25, 0.3) is 0 Å². The Bertz CT molecular complexity index is 873. The fraction of sp³-hybridized carbons (Fsp3) is 0.733. The monoisotopic (exact) mass is 548 g/mol. The predicted molar refractivity (Wildman–Crippen MR) is 155 cm³/mol. The van der Waals surface area contributed by atoms with E-state index in [9.17, 15) is 14.7 Å². The second kappa shape index (κ2) is 16.8. The van der Waals surface area contributed by atoms with Crippen molar-refractivity contribution in [1.82, 2.24) is 15.5 Å². The van der Waals surface area contributed by atoms with Gasteiger partial charge in [0, 0.05) is 32.8 Å². The van der Waals surface area contributed by atoms with Gasteiger partial charge >= 0.3 is 0 Å². The van der Waals surface area contributed by atoms with Gasteiger partial charge in [-0.1, -0.05) is 32.4 Å². The van der Waals surface area contributed by atoms with Gasteiger partial charge in [0.05, 0.1) is 23.8 Å². The Balaban J connectivity index is 1.85. The number of hydrogen-bond donors (Lipinski definition) is 4. The summed E-state index contributed by atoms with van der Waals surface area (Å²) in [6.45, 7) is 11.6. The summed E-state index contributed by atoms with van der Waals surface area (Å²) in [5.74, 6) is 0.561. The number of carbonyl (C=O) groups is 2. The molecule has 9 heteroatoms. The van der Waals surface area contributed by atoms with Crippen LogP contribution in [0.5, 0.6) is 5.75 Å². The van der Waals surface area contributed by atoms with E-state index in [1.165, 1.54) is 6.42 Å². The van der Waals surface area contributed by atoms with Crippen molar-refractivity contribution in [2.24, 2.45) is 17.6 Å². The fourth-order valence-corrected chi connectivity index (χ4v) is 4.89. The zero-order valence-electron chi connectivity index (χ0n) is 24.7. The van der Waals surface area contributed by atoms with Crippen LogP contribution in [0.15, 0.2) is 24.3 Å². The number of nitrogens with one attached hydrogen (secondary N) is 2. The lowest BCUT2D eigenvalue weighted by Gasteiger charge is -2.39. The first-order chi connectivity index (χ1) is 18.6. The summed E-state index contributed by atoms with van der Waals surface area (Å²) in [6.07, 6.45) is 4.78. The summed E-state index contributed by atoms with van der Waals surface area (Å²) in [4.78, 5) is 28.1. The van der Waals surface area contributed by atoms with E-state index in [0.717, 1.165) is 38.8 Å². The molecule has 3 atom stereocenters. The highest BCUT2D eigenvalue weighted by atomic mass is 16.5. The first-order valence-electron chi connectivity index (χ1n) is 14.5. The van der Waals surface area contributed by atoms with Crippen molar-refractivity contribution in [1.29, 1.82) is 0 Å². The Morgan fingerprint density at radius 2 is 1.72 bits per heavy atom. The number of unbranched alkanes of at least 4 members (excludes halogenated alkanes) is 1. The van der Waals surface area contributed by atoms with Crippen LogP contribution < -0.4 is 21.1 Å². The number of ether oxygens (including phenoxy) is 2. The van der Waals surface area contributed by atoms with E-state index in [2.05, 4.69) is 29.4 Å². The third kappa shape index (κ3) is 10.7. The Morgan fingerprint density at radius 3 is 2.38 bits per heavy atom. The Morgan fingerprint density at radius 1 is 1.05 bits per heavy atom. The number of likely N-dealkylation sites (tertiary alicyclic amines) is 1. The molecule has 1 aliphatic rings. The van der Waals surface area contributed by atoms with Crippen LogP contribution >= 0.6 is 0 Å². The minimum atomic E-state index is -0.879. The molecule has 1 heterocycles. The Hall–Kier alpha value is -2.20. The van der Waals surface area contributed by atoms with E-state index >= 15 is 0 Å². The van der Waals surface area contributed by atoms with Crippen molar-refractivity contribution in [3.05, 3.63) is 29.8 Å². The second-order valence-electron chi connectivity index (χ2n) is 11.5. The van der Waals surface area contributed by atoms with Crippen LogP contribution in [0.2, 0.25) is 0 Å². The minimum Gasteiger partial charge on any atom is -0.493 e. The fourth-order valence-electron chi connectivity index (χ4n) is 4.89. The SMILES string of the molecule is COCCCCOc1ccccc1C(=O)NC[C@@H](C[C@H](N)[C@@H](O)CNC(=O)C(C)(C)N1CCCCC1)C(C)C. The molecule has 0 radical (unpaired) electrons. The summed E-state index contributed by atoms with van der Waals surface area (Å²) in [6, 6.07) is 6.70. The summed E-state index contributed by atoms with van der Waals surface area (Å²) in [7, 11) is 1.67. The molecule has 2 amide bonds. The lowest BCUT2D eigenvalue weighted by molar-refractivity contribution is -0.132. The van der Waals surface area contributed by atoms with Gasteiger partial charge in [0.15, 0.2) is 0 Å². The van der Waals surface area contributed by atoms with Crippen LogP contribution in [0.1, 0.15) is 76.6 Å². The van der Waals surface area contributed by atoms with Crippen molar-refractivity contribution >= 4 is 11.8 Å². The molecule has 222 valence electrons. The van der Waals surface area contributed by atoms with Gasteiger partial charge in [0.25, 0.3) is 5.91 Å².